The van der Waals surface area contributed by atoms with E-state index in [2.05, 4.69) is 5.32 Å². The van der Waals surface area contributed by atoms with Crippen LogP contribution in [0.15, 0.2) is 0 Å². The van der Waals surface area contributed by atoms with Gasteiger partial charge in [0.15, 0.2) is 0 Å². The number of nitrogens with two attached hydrogens (primary N) is 1. The Morgan fingerprint density at radius 1 is 1.29 bits per heavy atom. The molecule has 1 aliphatic rings. The molecule has 0 saturated carbocycles. The minimum Gasteiger partial charge on any atom is -0.481 e. The molecule has 2 atom stereocenters. The molecule has 0 radical (unpaired) electrons. The van der Waals surface area contributed by atoms with E-state index in [9.17, 15) is 19.2 Å². The number of likely N-dealkylation sites (tertiary alicyclic amines) is 1. The molecule has 1 heterocycles. The number of hydrogen-bond acceptors (Lipinski definition) is 4. The Morgan fingerprint density at radius 3 is 2.48 bits per heavy atom. The van der Waals surface area contributed by atoms with Gasteiger partial charge in [0.2, 0.25) is 5.91 Å². The predicted molar refractivity (Wildman–Crippen MR) is 70.3 cm³/mol. The third-order valence-electron chi connectivity index (χ3n) is 3.37. The number of carbonyl (C=O) groups is 4. The van der Waals surface area contributed by atoms with Crippen LogP contribution in [0.3, 0.4) is 0 Å². The molecular weight excluding hydrogens is 282 g/mol. The molecule has 1 aliphatic heterocycles. The molecule has 1 rings (SSSR count). The first-order chi connectivity index (χ1) is 9.81. The molecule has 1 saturated heterocycles. The lowest BCUT2D eigenvalue weighted by atomic mass is 9.96. The summed E-state index contributed by atoms with van der Waals surface area (Å²) >= 11 is 0. The van der Waals surface area contributed by atoms with Crippen molar-refractivity contribution in [3.63, 3.8) is 0 Å². The number of rotatable bonds is 6. The van der Waals surface area contributed by atoms with Crippen molar-refractivity contribution in [2.75, 3.05) is 13.1 Å². The molecule has 0 aliphatic carbocycles. The Kier molecular flexibility index (Phi) is 5.94. The lowest BCUT2D eigenvalue weighted by Crippen LogP contribution is -2.50. The molecule has 118 valence electrons. The van der Waals surface area contributed by atoms with Crippen molar-refractivity contribution in [1.29, 1.82) is 0 Å². The van der Waals surface area contributed by atoms with E-state index in [1.165, 1.54) is 4.90 Å². The van der Waals surface area contributed by atoms with Crippen LogP contribution in [0.1, 0.15) is 25.7 Å². The van der Waals surface area contributed by atoms with E-state index in [0.29, 0.717) is 19.4 Å². The number of urea groups is 1. The summed E-state index contributed by atoms with van der Waals surface area (Å²) in [4.78, 5) is 45.9. The highest BCUT2D eigenvalue weighted by atomic mass is 16.4. The van der Waals surface area contributed by atoms with E-state index in [1.807, 2.05) is 0 Å². The molecule has 0 aromatic heterocycles. The van der Waals surface area contributed by atoms with Gasteiger partial charge in [-0.1, -0.05) is 0 Å². The average Bonchev–Trinajstić information content (AvgIpc) is 2.42. The van der Waals surface area contributed by atoms with Crippen LogP contribution in [-0.2, 0) is 14.4 Å². The summed E-state index contributed by atoms with van der Waals surface area (Å²) in [5, 5.41) is 19.9. The van der Waals surface area contributed by atoms with Crippen LogP contribution in [0.2, 0.25) is 0 Å². The van der Waals surface area contributed by atoms with Crippen molar-refractivity contribution in [3.05, 3.63) is 0 Å². The SMILES string of the molecule is NC(=O)N1CCCC(C(=O)NC(CCC(=O)O)C(=O)O)C1. The molecule has 1 fully saturated rings. The van der Waals surface area contributed by atoms with Gasteiger partial charge >= 0.3 is 18.0 Å². The normalized spacial score (nSPS) is 19.6. The van der Waals surface area contributed by atoms with Crippen LogP contribution in [0.25, 0.3) is 0 Å². The highest BCUT2D eigenvalue weighted by Crippen LogP contribution is 2.16. The van der Waals surface area contributed by atoms with Gasteiger partial charge in [-0.15, -0.1) is 0 Å². The Bertz CT molecular complexity index is 439. The van der Waals surface area contributed by atoms with Gasteiger partial charge in [-0.3, -0.25) is 9.59 Å². The fourth-order valence-corrected chi connectivity index (χ4v) is 2.21. The average molecular weight is 301 g/mol. The molecule has 0 aromatic carbocycles. The van der Waals surface area contributed by atoms with E-state index in [0.717, 1.165) is 0 Å². The van der Waals surface area contributed by atoms with Crippen LogP contribution in [0, 0.1) is 5.92 Å². The zero-order valence-electron chi connectivity index (χ0n) is 11.4. The minimum absolute atomic E-state index is 0.145. The molecule has 0 bridgehead atoms. The Balaban J connectivity index is 2.58. The van der Waals surface area contributed by atoms with E-state index in [4.69, 9.17) is 15.9 Å². The van der Waals surface area contributed by atoms with Crippen molar-refractivity contribution in [3.8, 4) is 0 Å². The molecule has 9 heteroatoms. The second-order valence-corrected chi connectivity index (χ2v) is 4.96. The third kappa shape index (κ3) is 5.28. The summed E-state index contributed by atoms with van der Waals surface area (Å²) in [6.45, 7) is 0.618. The molecule has 3 amide bonds. The smallest absolute Gasteiger partial charge is 0.326 e. The van der Waals surface area contributed by atoms with Gasteiger partial charge in [-0.25, -0.2) is 9.59 Å². The third-order valence-corrected chi connectivity index (χ3v) is 3.37. The maximum absolute atomic E-state index is 12.0. The van der Waals surface area contributed by atoms with E-state index >= 15 is 0 Å². The maximum atomic E-state index is 12.0. The van der Waals surface area contributed by atoms with E-state index in [-0.39, 0.29) is 19.4 Å². The summed E-state index contributed by atoms with van der Waals surface area (Å²) in [5.74, 6) is -3.45. The zero-order chi connectivity index (χ0) is 16.0. The van der Waals surface area contributed by atoms with E-state index in [1.54, 1.807) is 0 Å². The van der Waals surface area contributed by atoms with Crippen molar-refractivity contribution in [2.45, 2.75) is 31.7 Å². The van der Waals surface area contributed by atoms with Crippen LogP contribution in [-0.4, -0.2) is 58.1 Å². The zero-order valence-corrected chi connectivity index (χ0v) is 11.4. The largest absolute Gasteiger partial charge is 0.481 e. The number of aliphatic carboxylic acids is 2. The fourth-order valence-electron chi connectivity index (χ4n) is 2.21. The molecular formula is C12H19N3O6. The summed E-state index contributed by atoms with van der Waals surface area (Å²) in [6.07, 6.45) is 0.590. The number of amides is 3. The summed E-state index contributed by atoms with van der Waals surface area (Å²) in [5.41, 5.74) is 5.16. The fraction of sp³-hybridized carbons (Fsp3) is 0.667. The molecule has 9 nitrogen and oxygen atoms in total. The Hall–Kier alpha value is -2.32. The molecule has 0 spiro atoms. The number of hydrogen-bond donors (Lipinski definition) is 4. The highest BCUT2D eigenvalue weighted by molar-refractivity contribution is 5.86. The molecule has 21 heavy (non-hydrogen) atoms. The quantitative estimate of drug-likeness (QED) is 0.505. The Labute approximate surface area is 121 Å². The number of nitrogens with zero attached hydrogens (tertiary/aromatic N) is 1. The first-order valence-corrected chi connectivity index (χ1v) is 6.60. The summed E-state index contributed by atoms with van der Waals surface area (Å²) in [7, 11) is 0. The van der Waals surface area contributed by atoms with Gasteiger partial charge in [-0.2, -0.15) is 0 Å². The number of carboxylic acid groups (broad SMARTS) is 2. The first kappa shape index (κ1) is 16.7. The van der Waals surface area contributed by atoms with Gasteiger partial charge in [0.1, 0.15) is 6.04 Å². The second kappa shape index (κ2) is 7.46. The standard InChI is InChI=1S/C12H19N3O6/c13-12(21)15-5-1-2-7(6-15)10(18)14-8(11(19)20)3-4-9(16)17/h7-8H,1-6H2,(H2,13,21)(H,14,18)(H,16,17)(H,19,20). The van der Waals surface area contributed by atoms with Crippen molar-refractivity contribution in [2.24, 2.45) is 11.7 Å². The predicted octanol–water partition coefficient (Wildman–Crippen LogP) is -0.789. The lowest BCUT2D eigenvalue weighted by Gasteiger charge is -2.31. The van der Waals surface area contributed by atoms with Crippen LogP contribution >= 0.6 is 0 Å². The first-order valence-electron chi connectivity index (χ1n) is 6.60. The summed E-state index contributed by atoms with van der Waals surface area (Å²) in [6, 6.07) is -1.87. The van der Waals surface area contributed by atoms with Gasteiger partial charge in [0, 0.05) is 19.5 Å². The van der Waals surface area contributed by atoms with Crippen molar-refractivity contribution >= 4 is 23.9 Å². The molecule has 5 N–H and O–H groups in total. The number of carbonyl (C=O) groups excluding carboxylic acids is 2. The van der Waals surface area contributed by atoms with Crippen molar-refractivity contribution < 1.29 is 29.4 Å². The van der Waals surface area contributed by atoms with Gasteiger partial charge in [-0.05, 0) is 19.3 Å². The second-order valence-electron chi connectivity index (χ2n) is 4.96. The van der Waals surface area contributed by atoms with Crippen LogP contribution < -0.4 is 11.1 Å². The minimum atomic E-state index is -1.29. The number of carboxylic acids is 2. The maximum Gasteiger partial charge on any atom is 0.326 e. The monoisotopic (exact) mass is 301 g/mol. The van der Waals surface area contributed by atoms with Crippen LogP contribution in [0.5, 0.6) is 0 Å². The van der Waals surface area contributed by atoms with Gasteiger partial charge in [0.05, 0.1) is 5.92 Å². The van der Waals surface area contributed by atoms with Gasteiger partial charge in [0.25, 0.3) is 0 Å². The van der Waals surface area contributed by atoms with Gasteiger partial charge < -0.3 is 26.2 Å². The Morgan fingerprint density at radius 2 is 1.95 bits per heavy atom. The molecule has 2 unspecified atom stereocenters. The van der Waals surface area contributed by atoms with Crippen LogP contribution in [0.4, 0.5) is 4.79 Å². The van der Waals surface area contributed by atoms with Crippen molar-refractivity contribution in [1.82, 2.24) is 10.2 Å². The van der Waals surface area contributed by atoms with E-state index < -0.39 is 35.8 Å². The summed E-state index contributed by atoms with van der Waals surface area (Å²) < 4.78 is 0. The molecule has 0 aromatic rings. The topological polar surface area (TPSA) is 150 Å². The number of piperidine rings is 1. The highest BCUT2D eigenvalue weighted by Gasteiger charge is 2.30. The number of primary amides is 1. The lowest BCUT2D eigenvalue weighted by molar-refractivity contribution is -0.144. The number of nitrogens with one attached hydrogen (secondary N) is 1.